The van der Waals surface area contributed by atoms with E-state index in [-0.39, 0.29) is 12.3 Å². The molecule has 0 aromatic heterocycles. The molecule has 1 saturated heterocycles. The number of fused-ring (bicyclic) bond motifs is 1. The van der Waals surface area contributed by atoms with E-state index in [0.29, 0.717) is 29.4 Å². The van der Waals surface area contributed by atoms with E-state index in [1.54, 1.807) is 12.1 Å². The summed E-state index contributed by atoms with van der Waals surface area (Å²) in [4.78, 5) is 37.2. The first-order chi connectivity index (χ1) is 17.9. The smallest absolute Gasteiger partial charge is 0.338 e. The van der Waals surface area contributed by atoms with Crippen LogP contribution in [-0.2, 0) is 20.9 Å². The van der Waals surface area contributed by atoms with Crippen molar-refractivity contribution in [3.63, 3.8) is 0 Å². The van der Waals surface area contributed by atoms with Crippen LogP contribution in [0.1, 0.15) is 30.5 Å². The summed E-state index contributed by atoms with van der Waals surface area (Å²) in [5.74, 6) is -0.356. The second kappa shape index (κ2) is 11.1. The predicted octanol–water partition coefficient (Wildman–Crippen LogP) is 4.82. The number of carbonyl (C=O) groups excluding carboxylic acids is 2. The van der Waals surface area contributed by atoms with Gasteiger partial charge in [-0.25, -0.2) is 9.79 Å². The van der Waals surface area contributed by atoms with Crippen LogP contribution in [0.3, 0.4) is 0 Å². The standard InChI is InChI=1S/C28H29ClN4O3S/c1-19-25(27(35)36-2)26(21-8-10-22(29)11-9-21)33-23(18-37-28(33)30-19)16-24(34)32-14-12-31(13-15-32)17-20-6-4-3-5-7-20/h3-11,18,26H,12-17H2,1-2H3/t26-/m1/s1. The van der Waals surface area contributed by atoms with Gasteiger partial charge in [-0.2, -0.15) is 0 Å². The van der Waals surface area contributed by atoms with Gasteiger partial charge in [0.25, 0.3) is 0 Å². The number of hydrogen-bond donors (Lipinski definition) is 0. The SMILES string of the molecule is COC(=O)C1=C(C)N=C2SC=C(CC(=O)N3CCN(Cc4ccccc4)CC3)N2[C@@H]1c1ccc(Cl)cc1. The molecule has 3 heterocycles. The fraction of sp³-hybridized carbons (Fsp3) is 0.321. The molecule has 3 aliphatic rings. The second-order valence-electron chi connectivity index (χ2n) is 9.26. The van der Waals surface area contributed by atoms with Gasteiger partial charge in [0.15, 0.2) is 5.17 Å². The molecule has 2 aromatic rings. The molecular weight excluding hydrogens is 508 g/mol. The van der Waals surface area contributed by atoms with E-state index < -0.39 is 12.0 Å². The quantitative estimate of drug-likeness (QED) is 0.493. The Kier molecular flexibility index (Phi) is 7.69. The van der Waals surface area contributed by atoms with E-state index in [1.807, 2.05) is 40.3 Å². The number of hydrogen-bond acceptors (Lipinski definition) is 7. The van der Waals surface area contributed by atoms with Gasteiger partial charge in [-0.3, -0.25) is 9.69 Å². The van der Waals surface area contributed by atoms with Gasteiger partial charge in [0.2, 0.25) is 5.91 Å². The number of esters is 1. The summed E-state index contributed by atoms with van der Waals surface area (Å²) in [5.41, 5.74) is 4.07. The van der Waals surface area contributed by atoms with Gasteiger partial charge >= 0.3 is 5.97 Å². The van der Waals surface area contributed by atoms with Crippen LogP contribution in [0.5, 0.6) is 0 Å². The van der Waals surface area contributed by atoms with Gasteiger partial charge in [0.1, 0.15) is 0 Å². The molecule has 192 valence electrons. The Labute approximate surface area is 226 Å². The van der Waals surface area contributed by atoms with Crippen molar-refractivity contribution < 1.29 is 14.3 Å². The van der Waals surface area contributed by atoms with Gasteiger partial charge < -0.3 is 14.5 Å². The molecule has 0 spiro atoms. The number of benzene rings is 2. The van der Waals surface area contributed by atoms with Crippen molar-refractivity contribution in [2.75, 3.05) is 33.3 Å². The first kappa shape index (κ1) is 25.6. The third-order valence-electron chi connectivity index (χ3n) is 6.90. The van der Waals surface area contributed by atoms with E-state index in [0.717, 1.165) is 36.1 Å². The lowest BCUT2D eigenvalue weighted by molar-refractivity contribution is -0.136. The Morgan fingerprint density at radius 3 is 2.43 bits per heavy atom. The molecule has 0 aliphatic carbocycles. The first-order valence-electron chi connectivity index (χ1n) is 12.3. The number of amides is 1. The summed E-state index contributed by atoms with van der Waals surface area (Å²) in [6, 6.07) is 17.4. The van der Waals surface area contributed by atoms with Crippen molar-refractivity contribution in [1.82, 2.24) is 14.7 Å². The summed E-state index contributed by atoms with van der Waals surface area (Å²) < 4.78 is 5.12. The van der Waals surface area contributed by atoms with Crippen molar-refractivity contribution >= 4 is 40.4 Å². The Bertz CT molecular complexity index is 1270. The largest absolute Gasteiger partial charge is 0.466 e. The number of ether oxygens (including phenoxy) is 1. The highest BCUT2D eigenvalue weighted by Crippen LogP contribution is 2.45. The fourth-order valence-electron chi connectivity index (χ4n) is 4.96. The van der Waals surface area contributed by atoms with Crippen molar-refractivity contribution in [3.8, 4) is 0 Å². The summed E-state index contributed by atoms with van der Waals surface area (Å²) in [7, 11) is 1.37. The van der Waals surface area contributed by atoms with Gasteiger partial charge in [-0.1, -0.05) is 65.8 Å². The zero-order valence-electron chi connectivity index (χ0n) is 20.9. The topological polar surface area (TPSA) is 65.5 Å². The normalized spacial score (nSPS) is 19.9. The Balaban J connectivity index is 1.31. The van der Waals surface area contributed by atoms with Crippen LogP contribution in [0, 0.1) is 0 Å². The van der Waals surface area contributed by atoms with Crippen LogP contribution >= 0.6 is 23.4 Å². The first-order valence-corrected chi connectivity index (χ1v) is 13.5. The minimum Gasteiger partial charge on any atom is -0.466 e. The molecule has 0 saturated carbocycles. The number of rotatable bonds is 6. The molecule has 1 amide bonds. The average molecular weight is 537 g/mol. The number of nitrogens with zero attached hydrogens (tertiary/aromatic N) is 4. The number of aliphatic imine (C=N–C) groups is 1. The third-order valence-corrected chi connectivity index (χ3v) is 8.04. The number of halogens is 1. The molecule has 1 fully saturated rings. The minimum absolute atomic E-state index is 0.0770. The molecular formula is C28H29ClN4O3S. The van der Waals surface area contributed by atoms with Gasteiger partial charge in [-0.15, -0.1) is 0 Å². The number of carbonyl (C=O) groups is 2. The number of thioether (sulfide) groups is 1. The highest BCUT2D eigenvalue weighted by molar-refractivity contribution is 8.16. The molecule has 37 heavy (non-hydrogen) atoms. The predicted molar refractivity (Wildman–Crippen MR) is 147 cm³/mol. The van der Waals surface area contributed by atoms with Crippen LogP contribution in [0.4, 0.5) is 0 Å². The molecule has 7 nitrogen and oxygen atoms in total. The summed E-state index contributed by atoms with van der Waals surface area (Å²) in [5, 5.41) is 3.33. The number of methoxy groups -OCH3 is 1. The van der Waals surface area contributed by atoms with E-state index in [4.69, 9.17) is 16.3 Å². The number of amidine groups is 1. The number of allylic oxidation sites excluding steroid dienone is 1. The van der Waals surface area contributed by atoms with E-state index in [9.17, 15) is 9.59 Å². The van der Waals surface area contributed by atoms with E-state index in [2.05, 4.69) is 34.2 Å². The number of piperazine rings is 1. The van der Waals surface area contributed by atoms with Gasteiger partial charge in [0, 0.05) is 43.4 Å². The minimum atomic E-state index is -0.450. The maximum absolute atomic E-state index is 13.4. The van der Waals surface area contributed by atoms with Crippen LogP contribution < -0.4 is 0 Å². The van der Waals surface area contributed by atoms with Crippen LogP contribution in [0.2, 0.25) is 5.02 Å². The van der Waals surface area contributed by atoms with Crippen molar-refractivity contribution in [3.05, 3.63) is 93.1 Å². The zero-order valence-corrected chi connectivity index (χ0v) is 22.5. The Morgan fingerprint density at radius 1 is 1.05 bits per heavy atom. The molecule has 0 N–H and O–H groups in total. The second-order valence-corrected chi connectivity index (χ2v) is 10.5. The molecule has 9 heteroatoms. The third kappa shape index (κ3) is 5.46. The average Bonchev–Trinajstić information content (AvgIpc) is 3.30. The lowest BCUT2D eigenvalue weighted by atomic mass is 9.94. The van der Waals surface area contributed by atoms with E-state index >= 15 is 0 Å². The highest BCUT2D eigenvalue weighted by Gasteiger charge is 2.41. The Hall–Kier alpha value is -3.07. The molecule has 0 unspecified atom stereocenters. The fourth-order valence-corrected chi connectivity index (χ4v) is 6.06. The highest BCUT2D eigenvalue weighted by atomic mass is 35.5. The van der Waals surface area contributed by atoms with Crippen LogP contribution in [0.25, 0.3) is 0 Å². The van der Waals surface area contributed by atoms with Crippen LogP contribution in [-0.4, -0.2) is 65.0 Å². The van der Waals surface area contributed by atoms with Crippen molar-refractivity contribution in [2.24, 2.45) is 4.99 Å². The lowest BCUT2D eigenvalue weighted by Crippen LogP contribution is -2.48. The summed E-state index contributed by atoms with van der Waals surface area (Å²) in [6.07, 6.45) is 0.238. The maximum Gasteiger partial charge on any atom is 0.338 e. The van der Waals surface area contributed by atoms with Crippen molar-refractivity contribution in [2.45, 2.75) is 25.9 Å². The van der Waals surface area contributed by atoms with Gasteiger partial charge in [-0.05, 0) is 35.6 Å². The summed E-state index contributed by atoms with van der Waals surface area (Å²) in [6.45, 7) is 5.78. The van der Waals surface area contributed by atoms with Crippen LogP contribution in [0.15, 0.2) is 82.0 Å². The summed E-state index contributed by atoms with van der Waals surface area (Å²) >= 11 is 7.62. The monoisotopic (exact) mass is 536 g/mol. The molecule has 2 aromatic carbocycles. The molecule has 0 radical (unpaired) electrons. The molecule has 0 bridgehead atoms. The molecule has 5 rings (SSSR count). The van der Waals surface area contributed by atoms with Crippen molar-refractivity contribution in [1.29, 1.82) is 0 Å². The molecule has 1 atom stereocenters. The Morgan fingerprint density at radius 2 is 1.76 bits per heavy atom. The maximum atomic E-state index is 13.4. The van der Waals surface area contributed by atoms with Gasteiger partial charge in [0.05, 0.1) is 30.8 Å². The molecule has 3 aliphatic heterocycles. The lowest BCUT2D eigenvalue weighted by Gasteiger charge is -2.38. The zero-order chi connectivity index (χ0) is 25.9. The van der Waals surface area contributed by atoms with E-state index in [1.165, 1.54) is 24.4 Å².